The first-order chi connectivity index (χ1) is 12.9. The number of hydrogen-bond donors (Lipinski definition) is 1. The Balaban J connectivity index is 1.84. The zero-order chi connectivity index (χ0) is 19.6. The highest BCUT2D eigenvalue weighted by Gasteiger charge is 2.23. The maximum atomic E-state index is 12.6. The molecule has 0 saturated carbocycles. The van der Waals surface area contributed by atoms with Crippen LogP contribution in [0.25, 0.3) is 0 Å². The number of morpholine rings is 1. The highest BCUT2D eigenvalue weighted by Crippen LogP contribution is 2.33. The molecule has 0 aliphatic carbocycles. The van der Waals surface area contributed by atoms with Gasteiger partial charge in [0, 0.05) is 40.5 Å². The number of aryl methyl sites for hydroxylation is 2. The number of nitrogens with one attached hydrogen (secondary N) is 1. The quantitative estimate of drug-likeness (QED) is 0.619. The van der Waals surface area contributed by atoms with E-state index in [1.54, 1.807) is 28.4 Å². The summed E-state index contributed by atoms with van der Waals surface area (Å²) in [5.41, 5.74) is 1.77. The molecule has 2 heterocycles. The van der Waals surface area contributed by atoms with Crippen molar-refractivity contribution in [2.24, 2.45) is 0 Å². The van der Waals surface area contributed by atoms with Crippen molar-refractivity contribution in [2.75, 3.05) is 31.6 Å². The van der Waals surface area contributed by atoms with Gasteiger partial charge in [-0.1, -0.05) is 0 Å². The monoisotopic (exact) mass is 389 g/mol. The molecule has 1 aliphatic rings. The van der Waals surface area contributed by atoms with Crippen molar-refractivity contribution in [3.63, 3.8) is 0 Å². The first-order valence-electron chi connectivity index (χ1n) is 8.85. The molecule has 1 atom stereocenters. The van der Waals surface area contributed by atoms with Crippen LogP contribution in [0, 0.1) is 24.0 Å². The second-order valence-corrected chi connectivity index (χ2v) is 8.09. The smallest absolute Gasteiger partial charge is 0.293 e. The number of benzene rings is 1. The highest BCUT2D eigenvalue weighted by molar-refractivity contribution is 7.12. The van der Waals surface area contributed by atoms with Crippen LogP contribution in [0.4, 0.5) is 11.4 Å². The van der Waals surface area contributed by atoms with E-state index >= 15 is 0 Å². The van der Waals surface area contributed by atoms with Crippen molar-refractivity contribution in [1.29, 1.82) is 0 Å². The van der Waals surface area contributed by atoms with Crippen molar-refractivity contribution in [3.8, 4) is 0 Å². The minimum atomic E-state index is -0.448. The van der Waals surface area contributed by atoms with Crippen LogP contribution in [0.2, 0.25) is 0 Å². The number of nitro groups is 1. The van der Waals surface area contributed by atoms with Gasteiger partial charge in [-0.15, -0.1) is 11.3 Å². The predicted octanol–water partition coefficient (Wildman–Crippen LogP) is 3.92. The highest BCUT2D eigenvalue weighted by atomic mass is 32.1. The third kappa shape index (κ3) is 4.28. The molecule has 1 aromatic heterocycles. The average molecular weight is 389 g/mol. The lowest BCUT2D eigenvalue weighted by Crippen LogP contribution is -2.40. The standard InChI is InChI=1S/C19H23N3O4S/c1-12-10-16(14(3)27-12)13(2)20-17-5-4-15(11-18(17)22(24)25)19(23)21-6-8-26-9-7-21/h4-5,10-11,13,20H,6-9H2,1-3H3/t13-/m0/s1. The molecule has 0 radical (unpaired) electrons. The van der Waals surface area contributed by atoms with E-state index in [1.807, 2.05) is 20.8 Å². The Morgan fingerprint density at radius 1 is 1.30 bits per heavy atom. The summed E-state index contributed by atoms with van der Waals surface area (Å²) in [5.74, 6) is -0.203. The van der Waals surface area contributed by atoms with Gasteiger partial charge in [0.1, 0.15) is 5.69 Å². The van der Waals surface area contributed by atoms with Gasteiger partial charge in [0.2, 0.25) is 0 Å². The molecule has 2 aromatic rings. The first kappa shape index (κ1) is 19.3. The topological polar surface area (TPSA) is 84.7 Å². The Hall–Kier alpha value is -2.45. The number of ether oxygens (including phenoxy) is 1. The van der Waals surface area contributed by atoms with E-state index in [2.05, 4.69) is 11.4 Å². The summed E-state index contributed by atoms with van der Waals surface area (Å²) in [6, 6.07) is 6.65. The number of carbonyl (C=O) groups excluding carboxylic acids is 1. The summed E-state index contributed by atoms with van der Waals surface area (Å²) in [5, 5.41) is 14.8. The molecule has 1 N–H and O–H groups in total. The molecular formula is C19H23N3O4S. The lowest BCUT2D eigenvalue weighted by Gasteiger charge is -2.27. The first-order valence-corrected chi connectivity index (χ1v) is 9.67. The van der Waals surface area contributed by atoms with Crippen LogP contribution in [-0.2, 0) is 4.74 Å². The second-order valence-electron chi connectivity index (χ2n) is 6.63. The Morgan fingerprint density at radius 3 is 2.59 bits per heavy atom. The van der Waals surface area contributed by atoms with Crippen LogP contribution >= 0.6 is 11.3 Å². The van der Waals surface area contributed by atoms with Gasteiger partial charge in [-0.3, -0.25) is 14.9 Å². The number of rotatable bonds is 5. The van der Waals surface area contributed by atoms with E-state index in [4.69, 9.17) is 4.74 Å². The van der Waals surface area contributed by atoms with Crippen LogP contribution < -0.4 is 5.32 Å². The number of hydrogen-bond acceptors (Lipinski definition) is 6. The number of carbonyl (C=O) groups is 1. The van der Waals surface area contributed by atoms with E-state index in [0.717, 1.165) is 5.56 Å². The molecule has 0 bridgehead atoms. The number of nitro benzene ring substituents is 1. The Kier molecular flexibility index (Phi) is 5.76. The molecule has 144 valence electrons. The minimum Gasteiger partial charge on any atom is -0.378 e. The van der Waals surface area contributed by atoms with Crippen LogP contribution in [0.1, 0.15) is 38.6 Å². The zero-order valence-corrected chi connectivity index (χ0v) is 16.5. The molecular weight excluding hydrogens is 366 g/mol. The molecule has 1 fully saturated rings. The van der Waals surface area contributed by atoms with E-state index in [-0.39, 0.29) is 17.6 Å². The number of thiophene rings is 1. The molecule has 3 rings (SSSR count). The third-order valence-corrected chi connectivity index (χ3v) is 5.64. The number of amides is 1. The van der Waals surface area contributed by atoms with Gasteiger partial charge in [-0.2, -0.15) is 0 Å². The van der Waals surface area contributed by atoms with Crippen LogP contribution in [0.5, 0.6) is 0 Å². The fourth-order valence-electron chi connectivity index (χ4n) is 3.28. The molecule has 1 saturated heterocycles. The van der Waals surface area contributed by atoms with Gasteiger partial charge < -0.3 is 15.0 Å². The largest absolute Gasteiger partial charge is 0.378 e. The fraction of sp³-hybridized carbons (Fsp3) is 0.421. The van der Waals surface area contributed by atoms with Gasteiger partial charge in [0.25, 0.3) is 11.6 Å². The maximum absolute atomic E-state index is 12.6. The van der Waals surface area contributed by atoms with Crippen LogP contribution in [0.15, 0.2) is 24.3 Å². The van der Waals surface area contributed by atoms with Gasteiger partial charge in [0.05, 0.1) is 18.1 Å². The van der Waals surface area contributed by atoms with E-state index in [1.165, 1.54) is 15.8 Å². The van der Waals surface area contributed by atoms with Crippen molar-refractivity contribution < 1.29 is 14.5 Å². The molecule has 1 amide bonds. The normalized spacial score (nSPS) is 15.4. The summed E-state index contributed by atoms with van der Waals surface area (Å²) in [6.07, 6.45) is 0. The van der Waals surface area contributed by atoms with Gasteiger partial charge >= 0.3 is 0 Å². The average Bonchev–Trinajstić information content (AvgIpc) is 3.00. The fourth-order valence-corrected chi connectivity index (χ4v) is 4.30. The second kappa shape index (κ2) is 8.06. The third-order valence-electron chi connectivity index (χ3n) is 4.66. The minimum absolute atomic E-state index is 0.0746. The van der Waals surface area contributed by atoms with Gasteiger partial charge in [-0.05, 0) is 44.5 Å². The van der Waals surface area contributed by atoms with E-state index < -0.39 is 4.92 Å². The molecule has 1 aliphatic heterocycles. The Labute approximate surface area is 162 Å². The van der Waals surface area contributed by atoms with Gasteiger partial charge in [-0.25, -0.2) is 0 Å². The Bertz CT molecular complexity index is 859. The van der Waals surface area contributed by atoms with Crippen LogP contribution in [0.3, 0.4) is 0 Å². The molecule has 0 unspecified atom stereocenters. The lowest BCUT2D eigenvalue weighted by molar-refractivity contribution is -0.384. The molecule has 1 aromatic carbocycles. The summed E-state index contributed by atoms with van der Waals surface area (Å²) in [4.78, 5) is 27.8. The molecule has 8 heteroatoms. The van der Waals surface area contributed by atoms with E-state index in [0.29, 0.717) is 37.6 Å². The molecule has 27 heavy (non-hydrogen) atoms. The summed E-state index contributed by atoms with van der Waals surface area (Å²) in [6.45, 7) is 8.05. The number of anilines is 1. The Morgan fingerprint density at radius 2 is 2.00 bits per heavy atom. The summed E-state index contributed by atoms with van der Waals surface area (Å²) < 4.78 is 5.25. The predicted molar refractivity (Wildman–Crippen MR) is 106 cm³/mol. The zero-order valence-electron chi connectivity index (χ0n) is 15.7. The van der Waals surface area contributed by atoms with Crippen molar-refractivity contribution in [3.05, 3.63) is 55.3 Å². The van der Waals surface area contributed by atoms with Crippen molar-refractivity contribution in [1.82, 2.24) is 4.90 Å². The van der Waals surface area contributed by atoms with Crippen molar-refractivity contribution in [2.45, 2.75) is 26.8 Å². The molecule has 7 nitrogen and oxygen atoms in total. The summed E-state index contributed by atoms with van der Waals surface area (Å²) in [7, 11) is 0. The SMILES string of the molecule is Cc1cc([C@H](C)Nc2ccc(C(=O)N3CCOCC3)cc2[N+](=O)[O-])c(C)s1. The molecule has 0 spiro atoms. The lowest BCUT2D eigenvalue weighted by atomic mass is 10.1. The maximum Gasteiger partial charge on any atom is 0.293 e. The summed E-state index contributed by atoms with van der Waals surface area (Å²) >= 11 is 1.71. The van der Waals surface area contributed by atoms with Gasteiger partial charge in [0.15, 0.2) is 0 Å². The van der Waals surface area contributed by atoms with Crippen molar-refractivity contribution >= 4 is 28.6 Å². The van der Waals surface area contributed by atoms with Crippen LogP contribution in [-0.4, -0.2) is 42.0 Å². The number of nitrogens with zero attached hydrogens (tertiary/aromatic N) is 2. The van der Waals surface area contributed by atoms with E-state index in [9.17, 15) is 14.9 Å².